The summed E-state index contributed by atoms with van der Waals surface area (Å²) in [6.07, 6.45) is 0. The minimum Gasteiger partial charge on any atom is -0.744 e. The number of sulfone groups is 1. The van der Waals surface area contributed by atoms with Crippen molar-refractivity contribution >= 4 is 70.9 Å². The van der Waals surface area contributed by atoms with Gasteiger partial charge in [-0.2, -0.15) is 23.4 Å². The van der Waals surface area contributed by atoms with E-state index in [1.807, 2.05) is 0 Å². The summed E-state index contributed by atoms with van der Waals surface area (Å²) >= 11 is 5.93. The molecule has 3 aromatic rings. The van der Waals surface area contributed by atoms with Gasteiger partial charge in [0.1, 0.15) is 10.1 Å². The molecule has 0 fully saturated rings. The van der Waals surface area contributed by atoms with E-state index in [2.05, 4.69) is 29.8 Å². The van der Waals surface area contributed by atoms with Crippen LogP contribution in [0.4, 0.5) is 29.0 Å². The van der Waals surface area contributed by atoms with Gasteiger partial charge in [-0.3, -0.25) is 4.55 Å². The van der Waals surface area contributed by atoms with E-state index in [-0.39, 0.29) is 68.7 Å². The molecule has 0 amide bonds. The Morgan fingerprint density at radius 3 is 2.08 bits per heavy atom. The molecule has 0 saturated heterocycles. The molecule has 37 heavy (non-hydrogen) atoms. The number of benzene rings is 2. The van der Waals surface area contributed by atoms with Crippen molar-refractivity contribution in [3.8, 4) is 0 Å². The number of nitrogens with two attached hydrogens (primary N) is 1. The smallest absolute Gasteiger partial charge is 0.744 e. The van der Waals surface area contributed by atoms with Crippen LogP contribution in [-0.2, 0) is 34.5 Å². The molecule has 2 aromatic carbocycles. The van der Waals surface area contributed by atoms with Crippen LogP contribution in [0.25, 0.3) is 0 Å². The molecule has 15 nitrogen and oxygen atoms in total. The van der Waals surface area contributed by atoms with Gasteiger partial charge in [-0.25, -0.2) is 21.0 Å². The number of hydrogen-bond donors (Lipinski definition) is 4. The molecule has 0 saturated carbocycles. The fraction of sp³-hybridized carbons (Fsp3) is 0.118. The number of aromatic nitrogens is 3. The van der Waals surface area contributed by atoms with E-state index in [0.717, 1.165) is 6.07 Å². The van der Waals surface area contributed by atoms with Crippen LogP contribution in [0.15, 0.2) is 52.3 Å². The Bertz CT molecular complexity index is 1620. The number of nitrogen functional groups attached to an aromatic ring is 1. The van der Waals surface area contributed by atoms with Gasteiger partial charge in [-0.15, -0.1) is 0 Å². The van der Waals surface area contributed by atoms with Crippen LogP contribution >= 0.6 is 11.6 Å². The largest absolute Gasteiger partial charge is 1.00 e. The Balaban J connectivity index is 0.00000481. The molecule has 5 N–H and O–H groups in total. The zero-order chi connectivity index (χ0) is 26.7. The van der Waals surface area contributed by atoms with Gasteiger partial charge in [0, 0.05) is 11.4 Å². The summed E-state index contributed by atoms with van der Waals surface area (Å²) in [7, 11) is -13.5. The second-order valence-electron chi connectivity index (χ2n) is 6.80. The summed E-state index contributed by atoms with van der Waals surface area (Å²) in [5.74, 6) is -0.925. The quantitative estimate of drug-likeness (QED) is 0.112. The standard InChI is InChI=1S/C17H17ClN6O9S3.Na/c18-15-22-16(24-17(23-15)21-11-4-5-14(13(19)9-11)35(27,28)29)20-10-2-1-3-12(8-10)34(25,26)7-6-33-36(30,31)32;/h1-5,8-9H,6-7,19H2,(H,27,28,29)(H,30,31,32)(H2,20,21,22,23,24);/q;+1/p-1. The first-order valence-corrected chi connectivity index (χ1v) is 14.2. The molecule has 1 aromatic heterocycles. The molecule has 0 aliphatic heterocycles. The number of rotatable bonds is 10. The number of nitrogens with zero attached hydrogens (tertiary/aromatic N) is 3. The summed E-state index contributed by atoms with van der Waals surface area (Å²) in [6.45, 7) is -0.789. The predicted molar refractivity (Wildman–Crippen MR) is 126 cm³/mol. The molecule has 1 heterocycles. The van der Waals surface area contributed by atoms with Gasteiger partial charge in [0.2, 0.25) is 17.2 Å². The molecule has 0 aliphatic rings. The average molecular weight is 603 g/mol. The van der Waals surface area contributed by atoms with E-state index in [9.17, 15) is 29.8 Å². The van der Waals surface area contributed by atoms with Crippen LogP contribution in [0.1, 0.15) is 0 Å². The Labute approximate surface area is 238 Å². The third kappa shape index (κ3) is 9.28. The first-order valence-electron chi connectivity index (χ1n) is 9.38. The number of anilines is 5. The van der Waals surface area contributed by atoms with E-state index < -0.39 is 47.6 Å². The number of nitrogens with one attached hydrogen (secondary N) is 2. The Hall–Kier alpha value is -2.13. The van der Waals surface area contributed by atoms with E-state index in [1.165, 1.54) is 36.4 Å². The maximum absolute atomic E-state index is 12.4. The topological polar surface area (TPSA) is 244 Å². The van der Waals surface area contributed by atoms with Crippen molar-refractivity contribution in [1.82, 2.24) is 15.0 Å². The van der Waals surface area contributed by atoms with Gasteiger partial charge in [0.05, 0.1) is 27.8 Å². The maximum atomic E-state index is 12.4. The fourth-order valence-corrected chi connectivity index (χ4v) is 4.98. The van der Waals surface area contributed by atoms with Gasteiger partial charge in [-0.05, 0) is 48.0 Å². The summed E-state index contributed by atoms with van der Waals surface area (Å²) in [6, 6.07) is 8.81. The van der Waals surface area contributed by atoms with Crippen LogP contribution in [-0.4, -0.2) is 61.7 Å². The molecule has 0 radical (unpaired) electrons. The third-order valence-corrected chi connectivity index (χ3v) is 7.40. The van der Waals surface area contributed by atoms with Crippen LogP contribution in [0.2, 0.25) is 5.28 Å². The second kappa shape index (κ2) is 12.2. The van der Waals surface area contributed by atoms with Gasteiger partial charge >= 0.3 is 40.0 Å². The molecule has 3 rings (SSSR count). The van der Waals surface area contributed by atoms with Crippen LogP contribution in [0.3, 0.4) is 0 Å². The predicted octanol–water partition coefficient (Wildman–Crippen LogP) is -1.90. The molecule has 0 bridgehead atoms. The van der Waals surface area contributed by atoms with Crippen molar-refractivity contribution in [2.75, 3.05) is 28.7 Å². The average Bonchev–Trinajstić information content (AvgIpc) is 2.71. The summed E-state index contributed by atoms with van der Waals surface area (Å²) in [5.41, 5.74) is 5.76. The molecule has 0 atom stereocenters. The Kier molecular flexibility index (Phi) is 10.2. The van der Waals surface area contributed by atoms with Crippen LogP contribution in [0.5, 0.6) is 0 Å². The zero-order valence-corrected chi connectivity index (χ0v) is 23.9. The number of hydrogen-bond acceptors (Lipinski definition) is 14. The van der Waals surface area contributed by atoms with Crippen molar-refractivity contribution in [1.29, 1.82) is 0 Å². The van der Waals surface area contributed by atoms with Crippen molar-refractivity contribution in [2.24, 2.45) is 0 Å². The van der Waals surface area contributed by atoms with E-state index in [4.69, 9.17) is 21.9 Å². The third-order valence-electron chi connectivity index (χ3n) is 4.18. The van der Waals surface area contributed by atoms with Crippen molar-refractivity contribution in [3.05, 3.63) is 47.7 Å². The zero-order valence-electron chi connectivity index (χ0n) is 18.7. The molecular formula is C17H16ClN6NaO9S3. The van der Waals surface area contributed by atoms with E-state index in [0.29, 0.717) is 0 Å². The molecule has 0 aliphatic carbocycles. The summed E-state index contributed by atoms with van der Waals surface area (Å²) < 4.78 is 92.2. The first kappa shape index (κ1) is 31.1. The van der Waals surface area contributed by atoms with Crippen molar-refractivity contribution < 1.29 is 68.1 Å². The number of halogens is 1. The minimum atomic E-state index is -4.78. The molecule has 0 unspecified atom stereocenters. The normalized spacial score (nSPS) is 12.0. The monoisotopic (exact) mass is 602 g/mol. The molecule has 20 heteroatoms. The molecular weight excluding hydrogens is 587 g/mol. The van der Waals surface area contributed by atoms with E-state index in [1.54, 1.807) is 0 Å². The van der Waals surface area contributed by atoms with E-state index >= 15 is 0 Å². The molecule has 194 valence electrons. The SMILES string of the molecule is Nc1cc(Nc2nc(Cl)nc(Nc3cccc(S(=O)(=O)CCOS(=O)(=O)O)c3)n2)ccc1S(=O)(=O)[O-].[Na+]. The van der Waals surface area contributed by atoms with Gasteiger partial charge < -0.3 is 20.9 Å². The fourth-order valence-electron chi connectivity index (χ4n) is 2.71. The van der Waals surface area contributed by atoms with Crippen LogP contribution in [0, 0.1) is 0 Å². The van der Waals surface area contributed by atoms with Gasteiger partial charge in [-0.1, -0.05) is 6.07 Å². The van der Waals surface area contributed by atoms with Crippen LogP contribution < -0.4 is 45.9 Å². The Morgan fingerprint density at radius 1 is 0.946 bits per heavy atom. The maximum Gasteiger partial charge on any atom is 1.00 e. The summed E-state index contributed by atoms with van der Waals surface area (Å²) in [5, 5.41) is 5.20. The van der Waals surface area contributed by atoms with Gasteiger partial charge in [0.15, 0.2) is 9.84 Å². The second-order valence-corrected chi connectivity index (χ2v) is 11.7. The summed E-state index contributed by atoms with van der Waals surface area (Å²) in [4.78, 5) is 11.1. The van der Waals surface area contributed by atoms with Gasteiger partial charge in [0.25, 0.3) is 0 Å². The van der Waals surface area contributed by atoms with Crippen molar-refractivity contribution in [3.63, 3.8) is 0 Å². The molecule has 0 spiro atoms. The minimum absolute atomic E-state index is 0. The Morgan fingerprint density at radius 2 is 1.54 bits per heavy atom. The van der Waals surface area contributed by atoms with Crippen molar-refractivity contribution in [2.45, 2.75) is 9.79 Å². The first-order chi connectivity index (χ1) is 16.6.